The molecule has 1 aromatic carbocycles. The summed E-state index contributed by atoms with van der Waals surface area (Å²) in [6.45, 7) is 1.80. The van der Waals surface area contributed by atoms with Crippen LogP contribution in [-0.2, 0) is 14.2 Å². The number of rotatable bonds is 10. The molecule has 0 aliphatic rings. The lowest BCUT2D eigenvalue weighted by Crippen LogP contribution is -2.26. The third-order valence-corrected chi connectivity index (χ3v) is 3.37. The highest BCUT2D eigenvalue weighted by Gasteiger charge is 2.25. The van der Waals surface area contributed by atoms with Crippen LogP contribution in [0.4, 0.5) is 0 Å². The fourth-order valence-electron chi connectivity index (χ4n) is 1.84. The Morgan fingerprint density at radius 3 is 1.96 bits per heavy atom. The Kier molecular flexibility index (Phi) is 8.86. The van der Waals surface area contributed by atoms with E-state index in [-0.39, 0.29) is 56.3 Å². The monoisotopic (exact) mass is 384 g/mol. The van der Waals surface area contributed by atoms with Gasteiger partial charge in [-0.05, 0) is 18.2 Å². The molecule has 0 aromatic heterocycles. The van der Waals surface area contributed by atoms with Crippen LogP contribution < -0.4 is 0 Å². The first-order valence-corrected chi connectivity index (χ1v) is 8.23. The Morgan fingerprint density at radius 2 is 1.41 bits per heavy atom. The van der Waals surface area contributed by atoms with Gasteiger partial charge in [0.1, 0.15) is 13.2 Å². The summed E-state index contributed by atoms with van der Waals surface area (Å²) in [6.07, 6.45) is 0. The minimum absolute atomic E-state index is 0.0180. The first-order chi connectivity index (χ1) is 12.8. The average Bonchev–Trinajstić information content (AvgIpc) is 2.67. The summed E-state index contributed by atoms with van der Waals surface area (Å²) >= 11 is 0. The molecule has 9 heteroatoms. The van der Waals surface area contributed by atoms with Crippen molar-refractivity contribution in [3.8, 4) is 0 Å². The van der Waals surface area contributed by atoms with Crippen molar-refractivity contribution in [2.75, 3.05) is 39.6 Å². The summed E-state index contributed by atoms with van der Waals surface area (Å²) in [5.41, 5.74) is -1.07. The zero-order valence-electron chi connectivity index (χ0n) is 15.3. The maximum Gasteiger partial charge on any atom is 0.339 e. The molecule has 0 heterocycles. The van der Waals surface area contributed by atoms with E-state index in [1.54, 1.807) is 13.8 Å². The van der Waals surface area contributed by atoms with Gasteiger partial charge < -0.3 is 29.5 Å². The van der Waals surface area contributed by atoms with Gasteiger partial charge in [0.15, 0.2) is 0 Å². The van der Waals surface area contributed by atoms with Gasteiger partial charge in [-0.3, -0.25) is 0 Å². The molecule has 0 radical (unpaired) electrons. The number of aliphatic hydroxyl groups excluding tert-OH is 3. The molecule has 0 amide bonds. The van der Waals surface area contributed by atoms with Crippen LogP contribution in [0.15, 0.2) is 18.2 Å². The zero-order valence-corrected chi connectivity index (χ0v) is 15.3. The summed E-state index contributed by atoms with van der Waals surface area (Å²) in [6, 6.07) is 3.61. The van der Waals surface area contributed by atoms with E-state index in [1.165, 1.54) is 12.1 Å². The Bertz CT molecular complexity index is 667. The maximum atomic E-state index is 12.4. The molecule has 0 saturated carbocycles. The number of hydrogen-bond acceptors (Lipinski definition) is 9. The smallest absolute Gasteiger partial charge is 0.339 e. The van der Waals surface area contributed by atoms with Crippen LogP contribution in [0.1, 0.15) is 44.9 Å². The first kappa shape index (κ1) is 22.6. The number of hydrogen-bond donors (Lipinski definition) is 3. The van der Waals surface area contributed by atoms with E-state index in [2.05, 4.69) is 0 Å². The van der Waals surface area contributed by atoms with E-state index in [0.29, 0.717) is 0 Å². The molecule has 0 bridgehead atoms. The SMILES string of the molecule is CC(C)(CO)COC(=O)c1cc(C(=O)OCCO)ccc1C(=O)OCCO. The maximum absolute atomic E-state index is 12.4. The van der Waals surface area contributed by atoms with Crippen LogP contribution in [0.5, 0.6) is 0 Å². The lowest BCUT2D eigenvalue weighted by Gasteiger charge is -2.21. The molecule has 3 N–H and O–H groups in total. The van der Waals surface area contributed by atoms with Crippen molar-refractivity contribution in [1.82, 2.24) is 0 Å². The number of carbonyl (C=O) groups is 3. The summed E-state index contributed by atoms with van der Waals surface area (Å²) in [5.74, 6) is -2.54. The lowest BCUT2D eigenvalue weighted by molar-refractivity contribution is 0.0211. The number of ether oxygens (including phenoxy) is 3. The molecule has 9 nitrogen and oxygen atoms in total. The summed E-state index contributed by atoms with van der Waals surface area (Å²) in [7, 11) is 0. The highest BCUT2D eigenvalue weighted by atomic mass is 16.5. The third-order valence-electron chi connectivity index (χ3n) is 3.37. The number of aliphatic hydroxyl groups is 3. The zero-order chi connectivity index (χ0) is 20.4. The fraction of sp³-hybridized carbons (Fsp3) is 0.500. The van der Waals surface area contributed by atoms with Crippen LogP contribution in [0.3, 0.4) is 0 Å². The Hall–Kier alpha value is -2.49. The summed E-state index contributed by atoms with van der Waals surface area (Å²) in [4.78, 5) is 36.5. The van der Waals surface area contributed by atoms with E-state index in [1.807, 2.05) is 0 Å². The van der Waals surface area contributed by atoms with E-state index < -0.39 is 23.3 Å². The second-order valence-electron chi connectivity index (χ2n) is 6.38. The minimum Gasteiger partial charge on any atom is -0.461 e. The predicted molar refractivity (Wildman–Crippen MR) is 92.3 cm³/mol. The van der Waals surface area contributed by atoms with Gasteiger partial charge in [-0.1, -0.05) is 13.8 Å². The predicted octanol–water partition coefficient (Wildman–Crippen LogP) is 0.160. The van der Waals surface area contributed by atoms with Crippen LogP contribution in [-0.4, -0.2) is 72.9 Å². The molecule has 0 atom stereocenters. The van der Waals surface area contributed by atoms with Gasteiger partial charge in [-0.2, -0.15) is 0 Å². The molecule has 0 aliphatic heterocycles. The quantitative estimate of drug-likeness (QED) is 0.380. The van der Waals surface area contributed by atoms with Gasteiger partial charge in [-0.15, -0.1) is 0 Å². The van der Waals surface area contributed by atoms with Crippen molar-refractivity contribution in [1.29, 1.82) is 0 Å². The Morgan fingerprint density at radius 1 is 0.852 bits per heavy atom. The van der Waals surface area contributed by atoms with E-state index in [4.69, 9.17) is 24.4 Å². The second-order valence-corrected chi connectivity index (χ2v) is 6.38. The molecule has 1 rings (SSSR count). The van der Waals surface area contributed by atoms with Crippen LogP contribution in [0.2, 0.25) is 0 Å². The van der Waals surface area contributed by atoms with Crippen LogP contribution >= 0.6 is 0 Å². The van der Waals surface area contributed by atoms with Gasteiger partial charge >= 0.3 is 17.9 Å². The Labute approximate surface area is 156 Å². The van der Waals surface area contributed by atoms with Crippen LogP contribution in [0, 0.1) is 5.41 Å². The normalized spacial score (nSPS) is 11.0. The van der Waals surface area contributed by atoms with E-state index in [0.717, 1.165) is 6.07 Å². The van der Waals surface area contributed by atoms with Gasteiger partial charge in [0, 0.05) is 5.41 Å². The second kappa shape index (κ2) is 10.6. The third kappa shape index (κ3) is 6.97. The largest absolute Gasteiger partial charge is 0.461 e. The van der Waals surface area contributed by atoms with Gasteiger partial charge in [0.2, 0.25) is 0 Å². The number of benzene rings is 1. The number of esters is 3. The molecular weight excluding hydrogens is 360 g/mol. The molecule has 1 aromatic rings. The lowest BCUT2D eigenvalue weighted by atomic mass is 9.96. The molecule has 0 saturated heterocycles. The summed E-state index contributed by atoms with van der Waals surface area (Å²) < 4.78 is 14.7. The fourth-order valence-corrected chi connectivity index (χ4v) is 1.84. The molecular formula is C18H24O9. The molecule has 150 valence electrons. The van der Waals surface area contributed by atoms with Crippen molar-refractivity contribution < 1.29 is 43.9 Å². The molecule has 0 unspecified atom stereocenters. The van der Waals surface area contributed by atoms with E-state index >= 15 is 0 Å². The van der Waals surface area contributed by atoms with Crippen molar-refractivity contribution in [2.45, 2.75) is 13.8 Å². The topological polar surface area (TPSA) is 140 Å². The molecule has 0 spiro atoms. The van der Waals surface area contributed by atoms with Gasteiger partial charge in [0.05, 0.1) is 43.1 Å². The Balaban J connectivity index is 3.14. The van der Waals surface area contributed by atoms with Crippen molar-refractivity contribution in [3.63, 3.8) is 0 Å². The minimum atomic E-state index is -0.885. The first-order valence-electron chi connectivity index (χ1n) is 8.23. The molecule has 0 fully saturated rings. The van der Waals surface area contributed by atoms with Gasteiger partial charge in [0.25, 0.3) is 0 Å². The van der Waals surface area contributed by atoms with E-state index in [9.17, 15) is 19.5 Å². The van der Waals surface area contributed by atoms with Gasteiger partial charge in [-0.25, -0.2) is 14.4 Å². The molecule has 0 aliphatic carbocycles. The molecule has 27 heavy (non-hydrogen) atoms. The van der Waals surface area contributed by atoms with Crippen molar-refractivity contribution in [2.24, 2.45) is 5.41 Å². The highest BCUT2D eigenvalue weighted by molar-refractivity contribution is 6.05. The average molecular weight is 384 g/mol. The standard InChI is InChI=1S/C18H24O9/c1-18(2,10-21)11-27-17(24)14-9-12(15(22)25-7-5-19)3-4-13(14)16(23)26-8-6-20/h3-4,9,19-21H,5-8,10-11H2,1-2H3. The van der Waals surface area contributed by atoms with Crippen LogP contribution in [0.25, 0.3) is 0 Å². The summed E-state index contributed by atoms with van der Waals surface area (Å²) in [5, 5.41) is 26.7. The van der Waals surface area contributed by atoms with Crippen molar-refractivity contribution >= 4 is 17.9 Å². The number of carbonyl (C=O) groups excluding carboxylic acids is 3. The highest BCUT2D eigenvalue weighted by Crippen LogP contribution is 2.19. The van der Waals surface area contributed by atoms with Crippen molar-refractivity contribution in [3.05, 3.63) is 34.9 Å².